The number of aryl methyl sites for hydroxylation is 1. The first-order chi connectivity index (χ1) is 13.7. The van der Waals surface area contributed by atoms with Crippen molar-refractivity contribution in [3.63, 3.8) is 0 Å². The van der Waals surface area contributed by atoms with Crippen molar-refractivity contribution >= 4 is 41.0 Å². The molecule has 0 unspecified atom stereocenters. The molecule has 3 aliphatic heterocycles. The van der Waals surface area contributed by atoms with Crippen LogP contribution in [0.2, 0.25) is 5.02 Å². The summed E-state index contributed by atoms with van der Waals surface area (Å²) in [5.41, 5.74) is -0.489. The smallest absolute Gasteiger partial charge is 0.305 e. The predicted octanol–water partition coefficient (Wildman–Crippen LogP) is 1.91. The molecule has 0 aliphatic carbocycles. The number of carbonyl (C=O) groups excluding carboxylic acids is 4. The average Bonchev–Trinajstić information content (AvgIpc) is 3.27. The van der Waals surface area contributed by atoms with Gasteiger partial charge in [0.05, 0.1) is 23.6 Å². The Morgan fingerprint density at radius 1 is 1.17 bits per heavy atom. The van der Waals surface area contributed by atoms with Crippen molar-refractivity contribution in [3.8, 4) is 0 Å². The third-order valence-electron chi connectivity index (χ3n) is 5.40. The van der Waals surface area contributed by atoms with E-state index in [1.54, 1.807) is 31.2 Å². The van der Waals surface area contributed by atoms with E-state index in [0.29, 0.717) is 16.3 Å². The summed E-state index contributed by atoms with van der Waals surface area (Å²) < 4.78 is 16.3. The van der Waals surface area contributed by atoms with E-state index in [0.717, 1.165) is 18.7 Å². The molecule has 1 aromatic carbocycles. The molecule has 3 heterocycles. The van der Waals surface area contributed by atoms with E-state index in [2.05, 4.69) is 0 Å². The summed E-state index contributed by atoms with van der Waals surface area (Å²) in [5, 5.41) is 0.382. The van der Waals surface area contributed by atoms with E-state index in [1.165, 1.54) is 6.08 Å². The van der Waals surface area contributed by atoms with Crippen LogP contribution < -0.4 is 4.90 Å². The molecule has 2 saturated heterocycles. The SMILES string of the molecule is CC(=O)OC(OC(C)=O)[C@@]12C=C[C@H](O1)[C@@H]1C(=O)N(c3cc(Cl)ccc3C)C(=O)[C@@H]12. The number of amides is 2. The minimum atomic E-state index is -1.57. The number of halogens is 1. The maximum absolute atomic E-state index is 13.4. The monoisotopic (exact) mass is 419 g/mol. The second-order valence-electron chi connectivity index (χ2n) is 7.29. The maximum atomic E-state index is 13.4. The van der Waals surface area contributed by atoms with Gasteiger partial charge in [0.2, 0.25) is 11.8 Å². The van der Waals surface area contributed by atoms with Gasteiger partial charge in [-0.15, -0.1) is 0 Å². The average molecular weight is 420 g/mol. The highest BCUT2D eigenvalue weighted by atomic mass is 35.5. The number of hydrogen-bond donors (Lipinski definition) is 0. The molecule has 1 aromatic rings. The van der Waals surface area contributed by atoms with Gasteiger partial charge in [0.25, 0.3) is 6.29 Å². The van der Waals surface area contributed by atoms with E-state index in [4.69, 9.17) is 25.8 Å². The van der Waals surface area contributed by atoms with E-state index in [-0.39, 0.29) is 0 Å². The molecular formula is C20H18ClNO7. The Kier molecular flexibility index (Phi) is 4.51. The van der Waals surface area contributed by atoms with Gasteiger partial charge in [0.1, 0.15) is 0 Å². The number of fused-ring (bicyclic) bond motifs is 5. The van der Waals surface area contributed by atoms with Crippen molar-refractivity contribution in [3.05, 3.63) is 40.9 Å². The third-order valence-corrected chi connectivity index (χ3v) is 5.64. The van der Waals surface area contributed by atoms with Crippen LogP contribution in [-0.2, 0) is 33.4 Å². The highest BCUT2D eigenvalue weighted by Gasteiger charge is 2.72. The van der Waals surface area contributed by atoms with E-state index in [9.17, 15) is 19.2 Å². The maximum Gasteiger partial charge on any atom is 0.305 e. The highest BCUT2D eigenvalue weighted by molar-refractivity contribution is 6.31. The van der Waals surface area contributed by atoms with Crippen LogP contribution in [0.1, 0.15) is 19.4 Å². The molecule has 152 valence electrons. The lowest BCUT2D eigenvalue weighted by molar-refractivity contribution is -0.226. The largest absolute Gasteiger partial charge is 0.422 e. The van der Waals surface area contributed by atoms with Crippen LogP contribution in [-0.4, -0.2) is 41.7 Å². The van der Waals surface area contributed by atoms with Gasteiger partial charge in [-0.25, -0.2) is 4.90 Å². The third kappa shape index (κ3) is 2.86. The van der Waals surface area contributed by atoms with Gasteiger partial charge in [-0.1, -0.05) is 23.7 Å². The summed E-state index contributed by atoms with van der Waals surface area (Å²) in [4.78, 5) is 50.9. The highest BCUT2D eigenvalue weighted by Crippen LogP contribution is 2.55. The molecule has 0 radical (unpaired) electrons. The molecule has 8 nitrogen and oxygen atoms in total. The molecule has 0 N–H and O–H groups in total. The van der Waals surface area contributed by atoms with Gasteiger partial charge in [-0.2, -0.15) is 0 Å². The van der Waals surface area contributed by atoms with E-state index >= 15 is 0 Å². The van der Waals surface area contributed by atoms with E-state index < -0.39 is 53.6 Å². The fourth-order valence-electron chi connectivity index (χ4n) is 4.28. The molecule has 0 aromatic heterocycles. The van der Waals surface area contributed by atoms with Crippen molar-refractivity contribution in [1.29, 1.82) is 0 Å². The molecule has 4 atom stereocenters. The number of ether oxygens (including phenoxy) is 3. The Labute approximate surface area is 171 Å². The van der Waals surface area contributed by atoms with Crippen molar-refractivity contribution in [1.82, 2.24) is 0 Å². The molecule has 3 aliphatic rings. The first-order valence-corrected chi connectivity index (χ1v) is 9.39. The van der Waals surface area contributed by atoms with Gasteiger partial charge in [-0.3, -0.25) is 19.2 Å². The van der Waals surface area contributed by atoms with Crippen LogP contribution in [0, 0.1) is 18.8 Å². The fourth-order valence-corrected chi connectivity index (χ4v) is 4.44. The number of rotatable bonds is 4. The molecule has 2 fully saturated rings. The second kappa shape index (κ2) is 6.67. The van der Waals surface area contributed by atoms with E-state index in [1.807, 2.05) is 0 Å². The van der Waals surface area contributed by atoms with Crippen molar-refractivity contribution < 1.29 is 33.4 Å². The minimum absolute atomic E-state index is 0.382. The Morgan fingerprint density at radius 2 is 1.83 bits per heavy atom. The normalized spacial score (nSPS) is 29.6. The van der Waals surface area contributed by atoms with Crippen molar-refractivity contribution in [2.45, 2.75) is 38.8 Å². The number of anilines is 1. The van der Waals surface area contributed by atoms with Crippen molar-refractivity contribution in [2.75, 3.05) is 4.90 Å². The number of carbonyl (C=O) groups is 4. The first kappa shape index (κ1) is 19.6. The zero-order valence-corrected chi connectivity index (χ0v) is 16.6. The van der Waals surface area contributed by atoms with Gasteiger partial charge in [0.15, 0.2) is 5.60 Å². The zero-order chi connectivity index (χ0) is 21.1. The molecule has 29 heavy (non-hydrogen) atoms. The number of esters is 2. The van der Waals surface area contributed by atoms with Crippen LogP contribution in [0.15, 0.2) is 30.4 Å². The fraction of sp³-hybridized carbons (Fsp3) is 0.400. The Bertz CT molecular complexity index is 958. The zero-order valence-electron chi connectivity index (χ0n) is 15.9. The Hall–Kier alpha value is -2.71. The number of hydrogen-bond acceptors (Lipinski definition) is 7. The van der Waals surface area contributed by atoms with Crippen LogP contribution in [0.4, 0.5) is 5.69 Å². The summed E-state index contributed by atoms with van der Waals surface area (Å²) in [6.45, 7) is 4.07. The lowest BCUT2D eigenvalue weighted by atomic mass is 9.76. The number of benzene rings is 1. The quantitative estimate of drug-likeness (QED) is 0.318. The summed E-state index contributed by atoms with van der Waals surface area (Å²) >= 11 is 6.07. The summed E-state index contributed by atoms with van der Waals surface area (Å²) in [7, 11) is 0. The number of nitrogens with zero attached hydrogens (tertiary/aromatic N) is 1. The van der Waals surface area contributed by atoms with Gasteiger partial charge >= 0.3 is 11.9 Å². The van der Waals surface area contributed by atoms with Gasteiger partial charge in [-0.05, 0) is 30.7 Å². The molecule has 4 rings (SSSR count). The molecule has 2 bridgehead atoms. The molecular weight excluding hydrogens is 402 g/mol. The van der Waals surface area contributed by atoms with Crippen LogP contribution in [0.3, 0.4) is 0 Å². The lowest BCUT2D eigenvalue weighted by Gasteiger charge is -2.34. The van der Waals surface area contributed by atoms with Crippen LogP contribution in [0.5, 0.6) is 0 Å². The van der Waals surface area contributed by atoms with Gasteiger partial charge < -0.3 is 14.2 Å². The molecule has 9 heteroatoms. The van der Waals surface area contributed by atoms with Crippen molar-refractivity contribution in [2.24, 2.45) is 11.8 Å². The lowest BCUT2D eigenvalue weighted by Crippen LogP contribution is -2.52. The summed E-state index contributed by atoms with van der Waals surface area (Å²) in [6, 6.07) is 4.93. The molecule has 0 spiro atoms. The predicted molar refractivity (Wildman–Crippen MR) is 99.7 cm³/mol. The first-order valence-electron chi connectivity index (χ1n) is 9.01. The van der Waals surface area contributed by atoms with Gasteiger partial charge in [0, 0.05) is 18.9 Å². The second-order valence-corrected chi connectivity index (χ2v) is 7.73. The Morgan fingerprint density at radius 3 is 2.45 bits per heavy atom. The summed E-state index contributed by atoms with van der Waals surface area (Å²) in [5.74, 6) is -4.22. The minimum Gasteiger partial charge on any atom is -0.422 e. The topological polar surface area (TPSA) is 99.2 Å². The Balaban J connectivity index is 1.77. The number of imide groups is 1. The molecule has 2 amide bonds. The summed E-state index contributed by atoms with van der Waals surface area (Å²) in [6.07, 6.45) is 0.968. The van der Waals surface area contributed by atoms with Crippen LogP contribution >= 0.6 is 11.6 Å². The standard InChI is InChI=1S/C20H18ClNO7/c1-9-4-5-12(21)8-13(9)22-17(25)15-14-6-7-20(29-14,16(15)18(22)26)19(27-10(2)23)28-11(3)24/h4-8,14-16,19H,1-3H3/t14-,15-,16+,20-/m0/s1. The van der Waals surface area contributed by atoms with Crippen LogP contribution in [0.25, 0.3) is 0 Å². The molecule has 0 saturated carbocycles.